The number of hydrogen-bond donors (Lipinski definition) is 0. The number of hydrogen-bond acceptors (Lipinski definition) is 3. The van der Waals surface area contributed by atoms with Crippen LogP contribution in [0.4, 0.5) is 0 Å². The fourth-order valence-corrected chi connectivity index (χ4v) is 2.72. The third-order valence-electron chi connectivity index (χ3n) is 3.75. The molecule has 0 aliphatic carbocycles. The Morgan fingerprint density at radius 3 is 2.61 bits per heavy atom. The second-order valence-electron chi connectivity index (χ2n) is 5.35. The maximum atomic E-state index is 11.5. The predicted octanol–water partition coefficient (Wildman–Crippen LogP) is 4.05. The molecule has 118 valence electrons. The summed E-state index contributed by atoms with van der Waals surface area (Å²) >= 11 is 0. The highest BCUT2D eigenvalue weighted by molar-refractivity contribution is 5.80. The highest BCUT2D eigenvalue weighted by atomic mass is 16.5. The average molecular weight is 308 g/mol. The lowest BCUT2D eigenvalue weighted by Crippen LogP contribution is -2.07. The van der Waals surface area contributed by atoms with Gasteiger partial charge in [0.05, 0.1) is 17.6 Å². The maximum Gasteiger partial charge on any atom is 0.305 e. The third-order valence-corrected chi connectivity index (χ3v) is 3.75. The van der Waals surface area contributed by atoms with Crippen LogP contribution >= 0.6 is 0 Å². The Morgan fingerprint density at radius 1 is 1.09 bits per heavy atom. The van der Waals surface area contributed by atoms with Gasteiger partial charge in [-0.1, -0.05) is 42.5 Å². The summed E-state index contributed by atoms with van der Waals surface area (Å²) in [6, 6.07) is 18.2. The first-order valence-electron chi connectivity index (χ1n) is 7.96. The zero-order valence-electron chi connectivity index (χ0n) is 13.2. The number of carbonyl (C=O) groups is 1. The van der Waals surface area contributed by atoms with E-state index in [0.717, 1.165) is 35.4 Å². The number of esters is 1. The monoisotopic (exact) mass is 308 g/mol. The van der Waals surface area contributed by atoms with E-state index in [9.17, 15) is 4.79 Å². The number of para-hydroxylation sites is 2. The van der Waals surface area contributed by atoms with Crippen molar-refractivity contribution < 1.29 is 9.53 Å². The van der Waals surface area contributed by atoms with Crippen LogP contribution in [0.1, 0.15) is 19.8 Å². The third kappa shape index (κ3) is 3.42. The van der Waals surface area contributed by atoms with Crippen LogP contribution in [-0.2, 0) is 16.1 Å². The summed E-state index contributed by atoms with van der Waals surface area (Å²) in [6.07, 6.45) is 1.16. The molecule has 3 rings (SSSR count). The minimum absolute atomic E-state index is 0.141. The number of fused-ring (bicyclic) bond motifs is 1. The second kappa shape index (κ2) is 7.09. The van der Waals surface area contributed by atoms with E-state index >= 15 is 0 Å². The normalized spacial score (nSPS) is 10.8. The second-order valence-corrected chi connectivity index (χ2v) is 5.35. The summed E-state index contributed by atoms with van der Waals surface area (Å²) < 4.78 is 7.18. The first-order valence-corrected chi connectivity index (χ1v) is 7.96. The molecule has 0 saturated heterocycles. The molecule has 2 aromatic carbocycles. The molecule has 23 heavy (non-hydrogen) atoms. The average Bonchev–Trinajstić information content (AvgIpc) is 2.95. The van der Waals surface area contributed by atoms with Crippen LogP contribution in [0.25, 0.3) is 22.4 Å². The number of carbonyl (C=O) groups excluding carboxylic acids is 1. The molecule has 1 aromatic heterocycles. The van der Waals surface area contributed by atoms with Crippen LogP contribution in [0.15, 0.2) is 54.6 Å². The number of ether oxygens (including phenoxy) is 1. The molecule has 0 bridgehead atoms. The van der Waals surface area contributed by atoms with Gasteiger partial charge in [-0.2, -0.15) is 0 Å². The van der Waals surface area contributed by atoms with Gasteiger partial charge in [-0.25, -0.2) is 4.98 Å². The van der Waals surface area contributed by atoms with Gasteiger partial charge in [-0.05, 0) is 25.5 Å². The van der Waals surface area contributed by atoms with Gasteiger partial charge in [-0.15, -0.1) is 0 Å². The van der Waals surface area contributed by atoms with Crippen LogP contribution in [-0.4, -0.2) is 22.1 Å². The molecule has 0 N–H and O–H groups in total. The lowest BCUT2D eigenvalue weighted by molar-refractivity contribution is -0.143. The number of aryl methyl sites for hydroxylation is 1. The van der Waals surface area contributed by atoms with Gasteiger partial charge in [0.1, 0.15) is 5.82 Å². The van der Waals surface area contributed by atoms with E-state index in [-0.39, 0.29) is 5.97 Å². The van der Waals surface area contributed by atoms with Crippen molar-refractivity contribution in [3.05, 3.63) is 54.6 Å². The number of imidazole rings is 1. The first-order chi connectivity index (χ1) is 11.3. The van der Waals surface area contributed by atoms with Gasteiger partial charge in [0, 0.05) is 18.5 Å². The number of nitrogens with zero attached hydrogens (tertiary/aromatic N) is 2. The molecule has 0 atom stereocenters. The van der Waals surface area contributed by atoms with E-state index in [2.05, 4.69) is 22.8 Å². The Labute approximate surface area is 135 Å². The quantitative estimate of drug-likeness (QED) is 0.645. The van der Waals surface area contributed by atoms with E-state index in [1.165, 1.54) is 0 Å². The number of aromatic nitrogens is 2. The summed E-state index contributed by atoms with van der Waals surface area (Å²) in [5.74, 6) is 0.800. The zero-order chi connectivity index (χ0) is 16.1. The molecule has 0 saturated carbocycles. The smallest absolute Gasteiger partial charge is 0.305 e. The van der Waals surface area contributed by atoms with Crippen LogP contribution < -0.4 is 0 Å². The fraction of sp³-hybridized carbons (Fsp3) is 0.263. The molecule has 3 aromatic rings. The molecule has 0 spiro atoms. The minimum Gasteiger partial charge on any atom is -0.466 e. The molecular weight excluding hydrogens is 288 g/mol. The van der Waals surface area contributed by atoms with Crippen molar-refractivity contribution in [3.63, 3.8) is 0 Å². The van der Waals surface area contributed by atoms with Crippen LogP contribution in [0.3, 0.4) is 0 Å². The molecule has 4 heteroatoms. The van der Waals surface area contributed by atoms with Gasteiger partial charge < -0.3 is 9.30 Å². The minimum atomic E-state index is -0.141. The summed E-state index contributed by atoms with van der Waals surface area (Å²) in [4.78, 5) is 16.3. The van der Waals surface area contributed by atoms with E-state index in [4.69, 9.17) is 9.72 Å². The van der Waals surface area contributed by atoms with Crippen molar-refractivity contribution in [2.75, 3.05) is 6.61 Å². The van der Waals surface area contributed by atoms with Gasteiger partial charge in [-0.3, -0.25) is 4.79 Å². The van der Waals surface area contributed by atoms with E-state index in [1.807, 2.05) is 43.3 Å². The largest absolute Gasteiger partial charge is 0.466 e. The Kier molecular flexibility index (Phi) is 4.71. The number of rotatable bonds is 6. The SMILES string of the molecule is CCOC(=O)CCCn1c(-c2ccccc2)nc2ccccc21. The van der Waals surface area contributed by atoms with Crippen LogP contribution in [0.2, 0.25) is 0 Å². The summed E-state index contributed by atoms with van der Waals surface area (Å²) in [6.45, 7) is 3.00. The van der Waals surface area contributed by atoms with Crippen molar-refractivity contribution in [2.24, 2.45) is 0 Å². The van der Waals surface area contributed by atoms with Crippen molar-refractivity contribution in [1.29, 1.82) is 0 Å². The summed E-state index contributed by atoms with van der Waals surface area (Å²) in [5.41, 5.74) is 3.15. The van der Waals surface area contributed by atoms with Crippen LogP contribution in [0, 0.1) is 0 Å². The summed E-state index contributed by atoms with van der Waals surface area (Å²) in [7, 11) is 0. The maximum absolute atomic E-state index is 11.5. The standard InChI is InChI=1S/C19H20N2O2/c1-2-23-18(22)13-8-14-21-17-12-7-6-11-16(17)20-19(21)15-9-4-3-5-10-15/h3-7,9-12H,2,8,13-14H2,1H3. The highest BCUT2D eigenvalue weighted by Gasteiger charge is 2.12. The van der Waals surface area contributed by atoms with E-state index < -0.39 is 0 Å². The molecular formula is C19H20N2O2. The van der Waals surface area contributed by atoms with E-state index in [0.29, 0.717) is 13.0 Å². The predicted molar refractivity (Wildman–Crippen MR) is 91.0 cm³/mol. The Balaban J connectivity index is 1.89. The molecule has 0 radical (unpaired) electrons. The van der Waals surface area contributed by atoms with Gasteiger partial charge in [0.25, 0.3) is 0 Å². The molecule has 0 aliphatic heterocycles. The Bertz CT molecular complexity index is 793. The van der Waals surface area contributed by atoms with E-state index in [1.54, 1.807) is 0 Å². The number of benzene rings is 2. The van der Waals surface area contributed by atoms with Crippen molar-refractivity contribution >= 4 is 17.0 Å². The summed E-state index contributed by atoms with van der Waals surface area (Å²) in [5, 5.41) is 0. The molecule has 0 aliphatic rings. The van der Waals surface area contributed by atoms with Crippen LogP contribution in [0.5, 0.6) is 0 Å². The zero-order valence-corrected chi connectivity index (χ0v) is 13.2. The highest BCUT2D eigenvalue weighted by Crippen LogP contribution is 2.25. The fourth-order valence-electron chi connectivity index (χ4n) is 2.72. The topological polar surface area (TPSA) is 44.1 Å². The molecule has 0 unspecified atom stereocenters. The Morgan fingerprint density at radius 2 is 1.83 bits per heavy atom. The van der Waals surface area contributed by atoms with Crippen molar-refractivity contribution in [3.8, 4) is 11.4 Å². The lowest BCUT2D eigenvalue weighted by atomic mass is 10.2. The van der Waals surface area contributed by atoms with Gasteiger partial charge in [0.15, 0.2) is 0 Å². The van der Waals surface area contributed by atoms with Gasteiger partial charge in [0.2, 0.25) is 0 Å². The van der Waals surface area contributed by atoms with Crippen molar-refractivity contribution in [2.45, 2.75) is 26.3 Å². The molecule has 4 nitrogen and oxygen atoms in total. The lowest BCUT2D eigenvalue weighted by Gasteiger charge is -2.09. The molecule has 1 heterocycles. The molecule has 0 amide bonds. The molecule has 0 fully saturated rings. The van der Waals surface area contributed by atoms with Gasteiger partial charge >= 0.3 is 5.97 Å². The van der Waals surface area contributed by atoms with Crippen molar-refractivity contribution in [1.82, 2.24) is 9.55 Å². The Hall–Kier alpha value is -2.62. The first kappa shape index (κ1) is 15.3.